The first-order valence-electron chi connectivity index (χ1n) is 10.8. The Labute approximate surface area is 184 Å². The minimum Gasteiger partial charge on any atom is -0.307 e. The Bertz CT molecular complexity index is 1430. The second-order valence-corrected chi connectivity index (χ2v) is 8.56. The molecule has 4 aromatic heterocycles. The number of aromatic amines is 1. The summed E-state index contributed by atoms with van der Waals surface area (Å²) in [7, 11) is 0. The number of aromatic nitrogens is 6. The lowest BCUT2D eigenvalue weighted by Crippen LogP contribution is -2.23. The van der Waals surface area contributed by atoms with Crippen LogP contribution in [0.1, 0.15) is 24.4 Å². The number of imidazole rings is 2. The highest BCUT2D eigenvalue weighted by Crippen LogP contribution is 2.31. The van der Waals surface area contributed by atoms with Gasteiger partial charge in [-0.2, -0.15) is 5.10 Å². The third-order valence-electron chi connectivity index (χ3n) is 6.29. The summed E-state index contributed by atoms with van der Waals surface area (Å²) in [6, 6.07) is 15.9. The van der Waals surface area contributed by atoms with Crippen molar-refractivity contribution in [1.82, 2.24) is 33.9 Å². The number of hydrogen-bond donors (Lipinski definition) is 1. The van der Waals surface area contributed by atoms with Crippen LogP contribution in [0.2, 0.25) is 0 Å². The van der Waals surface area contributed by atoms with Gasteiger partial charge in [0.25, 0.3) is 5.56 Å². The summed E-state index contributed by atoms with van der Waals surface area (Å²) in [5.74, 6) is 1.88. The number of fused-ring (bicyclic) bond motifs is 2. The van der Waals surface area contributed by atoms with Crippen molar-refractivity contribution < 1.29 is 0 Å². The molecule has 0 aliphatic carbocycles. The standard InChI is InChI=1S/C24H23N7O/c1-16-12-29(13-18-14-30-10-6-5-9-21(30)26-18)15-19(16)22-27-24(32)20-11-25-23(31(20)28-22)17-7-3-2-4-8-17/h2-11,14,16,19H,12-13,15H2,1H3,(H,27,28,32). The number of nitrogens with zero attached hydrogens (tertiary/aromatic N) is 6. The van der Waals surface area contributed by atoms with E-state index in [0.717, 1.165) is 36.5 Å². The molecule has 2 atom stereocenters. The van der Waals surface area contributed by atoms with Crippen LogP contribution in [0.15, 0.2) is 71.9 Å². The molecule has 1 fully saturated rings. The van der Waals surface area contributed by atoms with E-state index in [9.17, 15) is 4.79 Å². The minimum absolute atomic E-state index is 0.134. The minimum atomic E-state index is -0.157. The first kappa shape index (κ1) is 18.9. The van der Waals surface area contributed by atoms with Crippen molar-refractivity contribution in [3.05, 3.63) is 89.0 Å². The molecule has 0 saturated carbocycles. The second kappa shape index (κ2) is 7.42. The first-order chi connectivity index (χ1) is 15.7. The third-order valence-corrected chi connectivity index (χ3v) is 6.29. The van der Waals surface area contributed by atoms with Gasteiger partial charge in [-0.3, -0.25) is 9.69 Å². The van der Waals surface area contributed by atoms with Crippen molar-refractivity contribution >= 4 is 11.2 Å². The Balaban J connectivity index is 1.30. The molecule has 8 nitrogen and oxygen atoms in total. The van der Waals surface area contributed by atoms with E-state index in [0.29, 0.717) is 23.1 Å². The normalized spacial score (nSPS) is 19.3. The highest BCUT2D eigenvalue weighted by molar-refractivity contribution is 5.60. The van der Waals surface area contributed by atoms with Gasteiger partial charge in [-0.15, -0.1) is 0 Å². The molecule has 0 spiro atoms. The highest BCUT2D eigenvalue weighted by Gasteiger charge is 2.33. The molecule has 5 aromatic rings. The molecule has 1 saturated heterocycles. The number of likely N-dealkylation sites (tertiary alicyclic amines) is 1. The van der Waals surface area contributed by atoms with Gasteiger partial charge < -0.3 is 9.38 Å². The Hall–Kier alpha value is -3.78. The van der Waals surface area contributed by atoms with Gasteiger partial charge in [-0.05, 0) is 18.1 Å². The number of benzene rings is 1. The zero-order valence-electron chi connectivity index (χ0n) is 17.7. The van der Waals surface area contributed by atoms with E-state index in [1.165, 1.54) is 0 Å². The third kappa shape index (κ3) is 3.20. The van der Waals surface area contributed by atoms with Crippen LogP contribution in [-0.4, -0.2) is 47.0 Å². The summed E-state index contributed by atoms with van der Waals surface area (Å²) >= 11 is 0. The predicted molar refractivity (Wildman–Crippen MR) is 121 cm³/mol. The first-order valence-corrected chi connectivity index (χ1v) is 10.8. The highest BCUT2D eigenvalue weighted by atomic mass is 16.1. The fourth-order valence-electron chi connectivity index (χ4n) is 4.71. The molecule has 1 aromatic carbocycles. The molecule has 0 bridgehead atoms. The second-order valence-electron chi connectivity index (χ2n) is 8.56. The van der Waals surface area contributed by atoms with Crippen molar-refractivity contribution in [1.29, 1.82) is 0 Å². The smallest absolute Gasteiger partial charge is 0.276 e. The average Bonchev–Trinajstić information content (AvgIpc) is 3.50. The van der Waals surface area contributed by atoms with Gasteiger partial charge >= 0.3 is 0 Å². The van der Waals surface area contributed by atoms with E-state index in [4.69, 9.17) is 10.1 Å². The molecule has 160 valence electrons. The molecule has 2 unspecified atom stereocenters. The molecule has 5 heterocycles. The Kier molecular flexibility index (Phi) is 4.39. The number of H-pyrrole nitrogens is 1. The summed E-state index contributed by atoms with van der Waals surface area (Å²) in [5.41, 5.74) is 3.23. The molecule has 1 N–H and O–H groups in total. The molecule has 0 radical (unpaired) electrons. The van der Waals surface area contributed by atoms with Crippen LogP contribution >= 0.6 is 0 Å². The predicted octanol–water partition coefficient (Wildman–Crippen LogP) is 2.97. The summed E-state index contributed by atoms with van der Waals surface area (Å²) in [5, 5.41) is 4.83. The van der Waals surface area contributed by atoms with Crippen molar-refractivity contribution in [2.24, 2.45) is 5.92 Å². The van der Waals surface area contributed by atoms with Crippen molar-refractivity contribution in [2.75, 3.05) is 13.1 Å². The topological polar surface area (TPSA) is 83.6 Å². The van der Waals surface area contributed by atoms with Crippen LogP contribution in [0.5, 0.6) is 0 Å². The lowest BCUT2D eigenvalue weighted by Gasteiger charge is -2.14. The Morgan fingerprint density at radius 2 is 1.94 bits per heavy atom. The summed E-state index contributed by atoms with van der Waals surface area (Å²) in [6.07, 6.45) is 5.68. The number of nitrogens with one attached hydrogen (secondary N) is 1. The summed E-state index contributed by atoms with van der Waals surface area (Å²) in [4.78, 5) is 27.4. The number of pyridine rings is 1. The van der Waals surface area contributed by atoms with Crippen molar-refractivity contribution in [2.45, 2.75) is 19.4 Å². The fourth-order valence-corrected chi connectivity index (χ4v) is 4.71. The zero-order valence-corrected chi connectivity index (χ0v) is 17.7. The van der Waals surface area contributed by atoms with Gasteiger partial charge in [0.1, 0.15) is 11.5 Å². The van der Waals surface area contributed by atoms with Gasteiger partial charge in [0, 0.05) is 43.5 Å². The van der Waals surface area contributed by atoms with Crippen LogP contribution in [0.25, 0.3) is 22.6 Å². The van der Waals surface area contributed by atoms with Gasteiger partial charge in [0.05, 0.1) is 11.9 Å². The van der Waals surface area contributed by atoms with E-state index < -0.39 is 0 Å². The lowest BCUT2D eigenvalue weighted by atomic mass is 9.97. The van der Waals surface area contributed by atoms with Crippen LogP contribution in [0.3, 0.4) is 0 Å². The summed E-state index contributed by atoms with van der Waals surface area (Å²) < 4.78 is 3.73. The number of hydrogen-bond acceptors (Lipinski definition) is 5. The van der Waals surface area contributed by atoms with E-state index in [1.807, 2.05) is 59.1 Å². The van der Waals surface area contributed by atoms with Gasteiger partial charge in [-0.1, -0.05) is 43.3 Å². The van der Waals surface area contributed by atoms with Crippen LogP contribution in [0.4, 0.5) is 0 Å². The van der Waals surface area contributed by atoms with Crippen molar-refractivity contribution in [3.8, 4) is 11.4 Å². The molecule has 32 heavy (non-hydrogen) atoms. The molecule has 6 rings (SSSR count). The fraction of sp³-hybridized carbons (Fsp3) is 0.250. The maximum absolute atomic E-state index is 12.8. The Morgan fingerprint density at radius 1 is 1.09 bits per heavy atom. The average molecular weight is 425 g/mol. The lowest BCUT2D eigenvalue weighted by molar-refractivity contribution is 0.315. The maximum Gasteiger partial charge on any atom is 0.276 e. The molecule has 0 amide bonds. The molecular formula is C24H23N7O. The monoisotopic (exact) mass is 425 g/mol. The van der Waals surface area contributed by atoms with Gasteiger partial charge in [0.15, 0.2) is 11.3 Å². The van der Waals surface area contributed by atoms with Crippen LogP contribution < -0.4 is 5.56 Å². The molecule has 1 aliphatic heterocycles. The molecule has 1 aliphatic rings. The summed E-state index contributed by atoms with van der Waals surface area (Å²) in [6.45, 7) is 4.73. The van der Waals surface area contributed by atoms with E-state index >= 15 is 0 Å². The number of rotatable bonds is 4. The largest absolute Gasteiger partial charge is 0.307 e. The maximum atomic E-state index is 12.8. The zero-order chi connectivity index (χ0) is 21.7. The van der Waals surface area contributed by atoms with E-state index in [-0.39, 0.29) is 11.5 Å². The van der Waals surface area contributed by atoms with Crippen molar-refractivity contribution in [3.63, 3.8) is 0 Å². The quantitative estimate of drug-likeness (QED) is 0.479. The molecular weight excluding hydrogens is 402 g/mol. The van der Waals surface area contributed by atoms with Gasteiger partial charge in [-0.25, -0.2) is 14.5 Å². The van der Waals surface area contributed by atoms with Crippen LogP contribution in [-0.2, 0) is 6.54 Å². The molecule has 8 heteroatoms. The van der Waals surface area contributed by atoms with E-state index in [1.54, 1.807) is 10.7 Å². The van der Waals surface area contributed by atoms with Crippen LogP contribution in [0, 0.1) is 5.92 Å². The van der Waals surface area contributed by atoms with E-state index in [2.05, 4.69) is 28.0 Å². The Morgan fingerprint density at radius 3 is 2.78 bits per heavy atom. The SMILES string of the molecule is CC1CN(Cc2cn3ccccc3n2)CC1c1nn2c(-c3ccccc3)ncc2c(=O)[nH]1. The van der Waals surface area contributed by atoms with Gasteiger partial charge in [0.2, 0.25) is 0 Å².